The number of rotatable bonds is 9. The molecular weight excluding hydrogens is 835 g/mol. The molecule has 2 nitrogen and oxygen atoms in total. The predicted octanol–water partition coefficient (Wildman–Crippen LogP) is 18.1. The summed E-state index contributed by atoms with van der Waals surface area (Å²) in [5, 5.41) is 2.22. The molecule has 1 aliphatic carbocycles. The van der Waals surface area contributed by atoms with E-state index in [9.17, 15) is 0 Å². The van der Waals surface area contributed by atoms with Gasteiger partial charge in [-0.1, -0.05) is 231 Å². The van der Waals surface area contributed by atoms with Crippen molar-refractivity contribution in [1.82, 2.24) is 0 Å². The largest absolute Gasteiger partial charge is 0.456 e. The minimum absolute atomic E-state index is 0.491. The average molecular weight is 880 g/mol. The number of anilines is 3. The van der Waals surface area contributed by atoms with Crippen molar-refractivity contribution in [1.29, 1.82) is 0 Å². The number of fused-ring (bicyclic) bond motifs is 6. The molecule has 324 valence electrons. The summed E-state index contributed by atoms with van der Waals surface area (Å²) in [4.78, 5) is 2.43. The molecule has 0 bridgehead atoms. The Bertz CT molecular complexity index is 3780. The normalized spacial score (nSPS) is 12.5. The van der Waals surface area contributed by atoms with E-state index in [0.717, 1.165) is 61.3 Å². The fourth-order valence-corrected chi connectivity index (χ4v) is 11.2. The van der Waals surface area contributed by atoms with Crippen molar-refractivity contribution in [3.8, 4) is 55.6 Å². The molecule has 1 aliphatic rings. The van der Waals surface area contributed by atoms with E-state index < -0.39 is 5.41 Å². The molecule has 12 aromatic rings. The van der Waals surface area contributed by atoms with Crippen LogP contribution >= 0.6 is 0 Å². The fraction of sp³-hybridized carbons (Fsp3) is 0.0149. The van der Waals surface area contributed by atoms with Crippen molar-refractivity contribution in [2.45, 2.75) is 5.41 Å². The van der Waals surface area contributed by atoms with Gasteiger partial charge >= 0.3 is 0 Å². The van der Waals surface area contributed by atoms with Crippen LogP contribution in [0, 0.1) is 0 Å². The molecule has 0 saturated heterocycles. The molecular formula is C67H45NO. The third-order valence-corrected chi connectivity index (χ3v) is 14.2. The van der Waals surface area contributed by atoms with Crippen molar-refractivity contribution >= 4 is 39.0 Å². The Kier molecular flexibility index (Phi) is 9.77. The van der Waals surface area contributed by atoms with E-state index in [4.69, 9.17) is 4.42 Å². The van der Waals surface area contributed by atoms with Crippen LogP contribution in [0.4, 0.5) is 17.1 Å². The van der Waals surface area contributed by atoms with Crippen LogP contribution in [0.1, 0.15) is 22.3 Å². The molecule has 0 saturated carbocycles. The molecule has 0 spiro atoms. The minimum Gasteiger partial charge on any atom is -0.456 e. The Morgan fingerprint density at radius 3 is 1.52 bits per heavy atom. The van der Waals surface area contributed by atoms with Gasteiger partial charge in [0.1, 0.15) is 11.2 Å². The van der Waals surface area contributed by atoms with E-state index >= 15 is 0 Å². The zero-order chi connectivity index (χ0) is 45.7. The van der Waals surface area contributed by atoms with Crippen molar-refractivity contribution in [2.24, 2.45) is 0 Å². The second kappa shape index (κ2) is 16.7. The highest BCUT2D eigenvalue weighted by Gasteiger charge is 2.46. The first kappa shape index (κ1) is 40.3. The van der Waals surface area contributed by atoms with Gasteiger partial charge in [0.05, 0.1) is 11.1 Å². The van der Waals surface area contributed by atoms with Crippen LogP contribution in [0.25, 0.3) is 77.6 Å². The van der Waals surface area contributed by atoms with Gasteiger partial charge < -0.3 is 9.32 Å². The molecule has 0 N–H and O–H groups in total. The van der Waals surface area contributed by atoms with Gasteiger partial charge in [-0.05, 0) is 115 Å². The molecule has 0 radical (unpaired) electrons. The lowest BCUT2D eigenvalue weighted by atomic mass is 9.67. The quantitative estimate of drug-likeness (QED) is 0.144. The standard InChI is InChI=1S/C67H45NO/c1-4-19-46(20-5-1)47-37-39-48(40-38-47)49-41-43-53(44-42-49)68(62-34-14-11-27-56(62)57-31-18-36-64-66(57)59-29-12-15-35-63(59)69-64)54-26-16-21-50(45-54)55-30-17-33-61-65(55)58-28-10-13-32-60(58)67(61,51-22-6-2-7-23-51)52-24-8-3-9-25-52/h1-45H. The highest BCUT2D eigenvalue weighted by Crippen LogP contribution is 2.58. The van der Waals surface area contributed by atoms with Crippen LogP contribution in [0.5, 0.6) is 0 Å². The first-order chi connectivity index (χ1) is 34.2. The summed E-state index contributed by atoms with van der Waals surface area (Å²) in [5.74, 6) is 0. The Labute approximate surface area is 402 Å². The molecule has 2 heteroatoms. The number of furan rings is 1. The average Bonchev–Trinajstić information content (AvgIpc) is 3.97. The molecule has 1 heterocycles. The Balaban J connectivity index is 0.993. The fourth-order valence-electron chi connectivity index (χ4n) is 11.2. The molecule has 0 amide bonds. The van der Waals surface area contributed by atoms with Crippen LogP contribution in [-0.4, -0.2) is 0 Å². The summed E-state index contributed by atoms with van der Waals surface area (Å²) in [5.41, 5.74) is 21.4. The van der Waals surface area contributed by atoms with Gasteiger partial charge in [0.2, 0.25) is 0 Å². The summed E-state index contributed by atoms with van der Waals surface area (Å²) in [7, 11) is 0. The van der Waals surface area contributed by atoms with Crippen LogP contribution in [0.2, 0.25) is 0 Å². The van der Waals surface area contributed by atoms with Gasteiger partial charge in [-0.3, -0.25) is 0 Å². The van der Waals surface area contributed by atoms with E-state index in [2.05, 4.69) is 272 Å². The van der Waals surface area contributed by atoms with Crippen molar-refractivity contribution < 1.29 is 4.42 Å². The summed E-state index contributed by atoms with van der Waals surface area (Å²) >= 11 is 0. The lowest BCUT2D eigenvalue weighted by Gasteiger charge is -2.34. The van der Waals surface area contributed by atoms with E-state index in [0.29, 0.717) is 0 Å². The zero-order valence-electron chi connectivity index (χ0n) is 37.8. The third kappa shape index (κ3) is 6.64. The van der Waals surface area contributed by atoms with Crippen molar-refractivity contribution in [2.75, 3.05) is 4.90 Å². The van der Waals surface area contributed by atoms with Crippen molar-refractivity contribution in [3.63, 3.8) is 0 Å². The number of benzene rings is 11. The second-order valence-corrected chi connectivity index (χ2v) is 17.9. The second-order valence-electron chi connectivity index (χ2n) is 17.9. The zero-order valence-corrected chi connectivity index (χ0v) is 37.8. The molecule has 11 aromatic carbocycles. The lowest BCUT2D eigenvalue weighted by Crippen LogP contribution is -2.28. The maximum atomic E-state index is 6.46. The summed E-state index contributed by atoms with van der Waals surface area (Å²) < 4.78 is 6.46. The first-order valence-corrected chi connectivity index (χ1v) is 23.7. The number of nitrogens with zero attached hydrogens (tertiary/aromatic N) is 1. The predicted molar refractivity (Wildman–Crippen MR) is 287 cm³/mol. The van der Waals surface area contributed by atoms with Gasteiger partial charge in [0, 0.05) is 27.7 Å². The minimum atomic E-state index is -0.491. The molecule has 69 heavy (non-hydrogen) atoms. The highest BCUT2D eigenvalue weighted by molar-refractivity contribution is 6.14. The van der Waals surface area contributed by atoms with Gasteiger partial charge in [-0.25, -0.2) is 0 Å². The third-order valence-electron chi connectivity index (χ3n) is 14.2. The van der Waals surface area contributed by atoms with E-state index in [-0.39, 0.29) is 0 Å². The van der Waals surface area contributed by atoms with E-state index in [1.54, 1.807) is 0 Å². The van der Waals surface area contributed by atoms with Crippen LogP contribution < -0.4 is 4.90 Å². The molecule has 0 fully saturated rings. The summed E-state index contributed by atoms with van der Waals surface area (Å²) in [6.45, 7) is 0. The maximum absolute atomic E-state index is 6.46. The van der Waals surface area contributed by atoms with Gasteiger partial charge in [-0.15, -0.1) is 0 Å². The first-order valence-electron chi connectivity index (χ1n) is 23.7. The van der Waals surface area contributed by atoms with Crippen molar-refractivity contribution in [3.05, 3.63) is 295 Å². The number of para-hydroxylation sites is 2. The Morgan fingerprint density at radius 2 is 0.797 bits per heavy atom. The maximum Gasteiger partial charge on any atom is 0.136 e. The van der Waals surface area contributed by atoms with Gasteiger partial charge in [-0.2, -0.15) is 0 Å². The highest BCUT2D eigenvalue weighted by atomic mass is 16.3. The molecule has 0 aliphatic heterocycles. The van der Waals surface area contributed by atoms with E-state index in [1.165, 1.54) is 55.6 Å². The van der Waals surface area contributed by atoms with E-state index in [1.807, 2.05) is 6.07 Å². The van der Waals surface area contributed by atoms with Crippen LogP contribution in [-0.2, 0) is 5.41 Å². The Morgan fingerprint density at radius 1 is 0.304 bits per heavy atom. The van der Waals surface area contributed by atoms with Crippen LogP contribution in [0.3, 0.4) is 0 Å². The van der Waals surface area contributed by atoms with Gasteiger partial charge in [0.15, 0.2) is 0 Å². The molecule has 0 unspecified atom stereocenters. The topological polar surface area (TPSA) is 16.4 Å². The van der Waals surface area contributed by atoms with Crippen LogP contribution in [0.15, 0.2) is 277 Å². The molecule has 1 aromatic heterocycles. The lowest BCUT2D eigenvalue weighted by molar-refractivity contribution is 0.669. The smallest absolute Gasteiger partial charge is 0.136 e. The molecule has 13 rings (SSSR count). The SMILES string of the molecule is c1ccc(-c2ccc(-c3ccc(N(c4cccc(-c5cccc6c5-c5ccccc5C6(c5ccccc5)c5ccccc5)c4)c4ccccc4-c4cccc5oc6ccccc6c45)cc3)cc2)cc1. The Hall–Kier alpha value is -8.98. The number of hydrogen-bond acceptors (Lipinski definition) is 2. The monoisotopic (exact) mass is 879 g/mol. The number of hydrogen-bond donors (Lipinski definition) is 0. The van der Waals surface area contributed by atoms with Gasteiger partial charge in [0.25, 0.3) is 0 Å². The summed E-state index contributed by atoms with van der Waals surface area (Å²) in [6.07, 6.45) is 0. The summed E-state index contributed by atoms with van der Waals surface area (Å²) in [6, 6.07) is 99.2. The molecule has 0 atom stereocenters.